The van der Waals surface area contributed by atoms with Gasteiger partial charge in [0.25, 0.3) is 5.91 Å². The number of aryl methyl sites for hydroxylation is 1. The highest BCUT2D eigenvalue weighted by Crippen LogP contribution is 2.07. The highest BCUT2D eigenvalue weighted by atomic mass is 16.1. The minimum atomic E-state index is -0.208. The Balaban J connectivity index is 1.99. The van der Waals surface area contributed by atoms with Crippen molar-refractivity contribution in [2.24, 2.45) is 0 Å². The molecule has 0 aliphatic heterocycles. The van der Waals surface area contributed by atoms with Crippen LogP contribution in [-0.4, -0.2) is 27.4 Å². The normalized spacial score (nSPS) is 10.3. The molecule has 0 saturated carbocycles. The lowest BCUT2D eigenvalue weighted by atomic mass is 10.2. The zero-order valence-electron chi connectivity index (χ0n) is 13.0. The molecular formula is C16H21N5O. The van der Waals surface area contributed by atoms with Crippen LogP contribution in [-0.2, 0) is 6.54 Å². The third-order valence-electron chi connectivity index (χ3n) is 3.11. The van der Waals surface area contributed by atoms with Crippen LogP contribution in [0.3, 0.4) is 0 Å². The Morgan fingerprint density at radius 1 is 1.23 bits per heavy atom. The first kappa shape index (κ1) is 15.9. The van der Waals surface area contributed by atoms with E-state index in [9.17, 15) is 4.79 Å². The highest BCUT2D eigenvalue weighted by molar-refractivity contribution is 5.92. The van der Waals surface area contributed by atoms with Crippen LogP contribution in [0.4, 0.5) is 5.82 Å². The van der Waals surface area contributed by atoms with Crippen LogP contribution in [0.2, 0.25) is 0 Å². The molecule has 2 aromatic heterocycles. The van der Waals surface area contributed by atoms with Crippen LogP contribution in [0.25, 0.3) is 0 Å². The first-order chi connectivity index (χ1) is 10.7. The molecule has 0 radical (unpaired) electrons. The average Bonchev–Trinajstić information content (AvgIpc) is 2.53. The molecular weight excluding hydrogens is 278 g/mol. The molecule has 2 aromatic rings. The molecule has 2 rings (SSSR count). The maximum absolute atomic E-state index is 12.2. The van der Waals surface area contributed by atoms with Gasteiger partial charge in [0.2, 0.25) is 0 Å². The van der Waals surface area contributed by atoms with Gasteiger partial charge in [0.1, 0.15) is 17.3 Å². The zero-order chi connectivity index (χ0) is 15.8. The van der Waals surface area contributed by atoms with Gasteiger partial charge in [0, 0.05) is 31.5 Å². The van der Waals surface area contributed by atoms with Crippen molar-refractivity contribution in [3.63, 3.8) is 0 Å². The summed E-state index contributed by atoms with van der Waals surface area (Å²) in [4.78, 5) is 24.7. The maximum atomic E-state index is 12.2. The molecule has 1 amide bonds. The van der Waals surface area contributed by atoms with Crippen molar-refractivity contribution >= 4 is 11.7 Å². The Bertz CT molecular complexity index is 615. The summed E-state index contributed by atoms with van der Waals surface area (Å²) in [6, 6.07) is 5.41. The average molecular weight is 299 g/mol. The number of hydrogen-bond acceptors (Lipinski definition) is 5. The topological polar surface area (TPSA) is 79.8 Å². The number of hydrogen-bond donors (Lipinski definition) is 2. The van der Waals surface area contributed by atoms with E-state index in [2.05, 4.69) is 32.5 Å². The molecule has 0 unspecified atom stereocenters. The first-order valence-corrected chi connectivity index (χ1v) is 7.45. The number of unbranched alkanes of at least 4 members (excludes halogenated alkanes) is 1. The van der Waals surface area contributed by atoms with Crippen molar-refractivity contribution in [1.29, 1.82) is 0 Å². The number of carbonyl (C=O) groups excluding carboxylic acids is 1. The third kappa shape index (κ3) is 4.80. The van der Waals surface area contributed by atoms with Gasteiger partial charge in [-0.25, -0.2) is 9.97 Å². The Labute approximate surface area is 130 Å². The smallest absolute Gasteiger partial charge is 0.270 e. The molecule has 0 aliphatic rings. The second kappa shape index (κ2) is 8.07. The summed E-state index contributed by atoms with van der Waals surface area (Å²) in [5.74, 6) is 1.06. The summed E-state index contributed by atoms with van der Waals surface area (Å²) < 4.78 is 0. The fraction of sp³-hybridized carbons (Fsp3) is 0.375. The molecule has 0 aliphatic carbocycles. The largest absolute Gasteiger partial charge is 0.370 e. The van der Waals surface area contributed by atoms with Gasteiger partial charge in [-0.1, -0.05) is 13.3 Å². The Hall–Kier alpha value is -2.50. The molecule has 116 valence electrons. The summed E-state index contributed by atoms with van der Waals surface area (Å²) >= 11 is 0. The number of nitrogens with zero attached hydrogens (tertiary/aromatic N) is 3. The molecule has 0 atom stereocenters. The molecule has 6 nitrogen and oxygen atoms in total. The molecule has 2 N–H and O–H groups in total. The molecule has 0 spiro atoms. The molecule has 2 heterocycles. The van der Waals surface area contributed by atoms with Crippen molar-refractivity contribution in [2.75, 3.05) is 11.9 Å². The first-order valence-electron chi connectivity index (χ1n) is 7.45. The third-order valence-corrected chi connectivity index (χ3v) is 3.11. The van der Waals surface area contributed by atoms with Crippen LogP contribution >= 0.6 is 0 Å². The van der Waals surface area contributed by atoms with Crippen molar-refractivity contribution < 1.29 is 4.79 Å². The number of amides is 1. The lowest BCUT2D eigenvalue weighted by Gasteiger charge is -2.09. The minimum Gasteiger partial charge on any atom is -0.370 e. The quantitative estimate of drug-likeness (QED) is 0.767. The summed E-state index contributed by atoms with van der Waals surface area (Å²) in [5, 5.41) is 6.07. The number of nitrogens with one attached hydrogen (secondary N) is 2. The number of aromatic nitrogens is 3. The molecule has 6 heteroatoms. The van der Waals surface area contributed by atoms with Crippen LogP contribution in [0, 0.1) is 6.92 Å². The molecule has 22 heavy (non-hydrogen) atoms. The fourth-order valence-electron chi connectivity index (χ4n) is 1.94. The summed E-state index contributed by atoms with van der Waals surface area (Å²) in [6.45, 7) is 5.20. The predicted molar refractivity (Wildman–Crippen MR) is 85.6 cm³/mol. The Morgan fingerprint density at radius 3 is 2.73 bits per heavy atom. The van der Waals surface area contributed by atoms with E-state index in [1.807, 2.05) is 12.1 Å². The predicted octanol–water partition coefficient (Wildman–Crippen LogP) is 2.32. The number of pyridine rings is 1. The van der Waals surface area contributed by atoms with Crippen LogP contribution < -0.4 is 10.6 Å². The van der Waals surface area contributed by atoms with E-state index in [4.69, 9.17) is 0 Å². The van der Waals surface area contributed by atoms with Crippen molar-refractivity contribution in [3.05, 3.63) is 47.7 Å². The number of anilines is 1. The van der Waals surface area contributed by atoms with Crippen LogP contribution in [0.5, 0.6) is 0 Å². The van der Waals surface area contributed by atoms with E-state index < -0.39 is 0 Å². The number of rotatable bonds is 7. The van der Waals surface area contributed by atoms with Crippen molar-refractivity contribution in [1.82, 2.24) is 20.3 Å². The Morgan fingerprint density at radius 2 is 2.00 bits per heavy atom. The zero-order valence-corrected chi connectivity index (χ0v) is 13.0. The van der Waals surface area contributed by atoms with E-state index in [1.165, 1.54) is 0 Å². The monoisotopic (exact) mass is 299 g/mol. The molecule has 0 aromatic carbocycles. The molecule has 0 bridgehead atoms. The fourth-order valence-corrected chi connectivity index (χ4v) is 1.94. The van der Waals surface area contributed by atoms with Gasteiger partial charge >= 0.3 is 0 Å². The van der Waals surface area contributed by atoms with E-state index in [0.29, 0.717) is 23.9 Å². The second-order valence-corrected chi connectivity index (χ2v) is 5.00. The van der Waals surface area contributed by atoms with E-state index in [0.717, 1.165) is 24.9 Å². The van der Waals surface area contributed by atoms with Gasteiger partial charge in [-0.2, -0.15) is 0 Å². The van der Waals surface area contributed by atoms with E-state index in [-0.39, 0.29) is 5.91 Å². The van der Waals surface area contributed by atoms with E-state index in [1.54, 1.807) is 25.4 Å². The van der Waals surface area contributed by atoms with Gasteiger partial charge in [0.15, 0.2) is 0 Å². The molecule has 0 saturated heterocycles. The van der Waals surface area contributed by atoms with Crippen molar-refractivity contribution in [3.8, 4) is 0 Å². The molecule has 0 fully saturated rings. The summed E-state index contributed by atoms with van der Waals surface area (Å²) in [5.41, 5.74) is 1.37. The van der Waals surface area contributed by atoms with E-state index >= 15 is 0 Å². The lowest BCUT2D eigenvalue weighted by Crippen LogP contribution is -2.24. The van der Waals surface area contributed by atoms with Gasteiger partial charge in [-0.05, 0) is 31.0 Å². The van der Waals surface area contributed by atoms with Gasteiger partial charge < -0.3 is 10.6 Å². The standard InChI is InChI=1S/C16H21N5O/c1-3-4-7-18-15-10-14(20-12(2)21-15)16(22)19-11-13-5-8-17-9-6-13/h5-6,8-10H,3-4,7,11H2,1-2H3,(H,19,22)(H,18,20,21). The summed E-state index contributed by atoms with van der Waals surface area (Å²) in [7, 11) is 0. The van der Waals surface area contributed by atoms with Crippen LogP contribution in [0.15, 0.2) is 30.6 Å². The number of carbonyl (C=O) groups is 1. The van der Waals surface area contributed by atoms with Gasteiger partial charge in [0.05, 0.1) is 0 Å². The summed E-state index contributed by atoms with van der Waals surface area (Å²) in [6.07, 6.45) is 5.57. The minimum absolute atomic E-state index is 0.208. The SMILES string of the molecule is CCCCNc1cc(C(=O)NCc2ccncc2)nc(C)n1. The van der Waals surface area contributed by atoms with Gasteiger partial charge in [-0.15, -0.1) is 0 Å². The highest BCUT2D eigenvalue weighted by Gasteiger charge is 2.10. The van der Waals surface area contributed by atoms with Gasteiger partial charge in [-0.3, -0.25) is 9.78 Å². The Kier molecular flexibility index (Phi) is 5.82. The lowest BCUT2D eigenvalue weighted by molar-refractivity contribution is 0.0945. The maximum Gasteiger partial charge on any atom is 0.270 e. The second-order valence-electron chi connectivity index (χ2n) is 5.00. The van der Waals surface area contributed by atoms with Crippen LogP contribution in [0.1, 0.15) is 41.6 Å². The van der Waals surface area contributed by atoms with Crippen molar-refractivity contribution in [2.45, 2.75) is 33.2 Å².